The number of nitrogens with zero attached hydrogens (tertiary/aromatic N) is 1. The highest BCUT2D eigenvalue weighted by Gasteiger charge is 2.26. The lowest BCUT2D eigenvalue weighted by Gasteiger charge is -2.34. The summed E-state index contributed by atoms with van der Waals surface area (Å²) < 4.78 is 5.18. The second-order valence-corrected chi connectivity index (χ2v) is 6.62. The van der Waals surface area contributed by atoms with Crippen LogP contribution in [0.2, 0.25) is 0 Å². The van der Waals surface area contributed by atoms with Crippen molar-refractivity contribution in [1.82, 2.24) is 4.90 Å². The van der Waals surface area contributed by atoms with Gasteiger partial charge in [0.2, 0.25) is 0 Å². The van der Waals surface area contributed by atoms with Crippen molar-refractivity contribution in [3.8, 4) is 0 Å². The number of hydrogen-bond acceptors (Lipinski definition) is 3. The largest absolute Gasteiger partial charge is 0.452 e. The normalized spacial score (nSPS) is 21.5. The predicted octanol–water partition coefficient (Wildman–Crippen LogP) is 2.96. The minimum atomic E-state index is -0.436. The highest BCUT2D eigenvalue weighted by Crippen LogP contribution is 2.21. The van der Waals surface area contributed by atoms with Crippen LogP contribution in [-0.4, -0.2) is 36.5 Å². The molecule has 2 rings (SSSR count). The SMILES string of the molecule is Cc1ccc(C(=O)OCC(=O)N2CC(C)CC(C)C2)cc1C. The summed E-state index contributed by atoms with van der Waals surface area (Å²) in [6.45, 7) is 9.58. The van der Waals surface area contributed by atoms with E-state index in [9.17, 15) is 9.59 Å². The highest BCUT2D eigenvalue weighted by molar-refractivity contribution is 5.91. The Balaban J connectivity index is 1.90. The Morgan fingerprint density at radius 1 is 1.14 bits per heavy atom. The smallest absolute Gasteiger partial charge is 0.338 e. The molecule has 4 heteroatoms. The van der Waals surface area contributed by atoms with Gasteiger partial charge in [0.1, 0.15) is 0 Å². The third-order valence-corrected chi connectivity index (χ3v) is 4.29. The summed E-state index contributed by atoms with van der Waals surface area (Å²) in [6.07, 6.45) is 1.15. The van der Waals surface area contributed by atoms with Crippen LogP contribution in [0.4, 0.5) is 0 Å². The number of esters is 1. The number of benzene rings is 1. The Labute approximate surface area is 132 Å². The van der Waals surface area contributed by atoms with Crippen molar-refractivity contribution in [3.05, 3.63) is 34.9 Å². The van der Waals surface area contributed by atoms with Crippen LogP contribution in [0, 0.1) is 25.7 Å². The Bertz CT molecular complexity index is 557. The number of piperidine rings is 1. The summed E-state index contributed by atoms with van der Waals surface area (Å²) in [5.74, 6) is 0.469. The Kier molecular flexibility index (Phi) is 5.22. The molecule has 0 spiro atoms. The van der Waals surface area contributed by atoms with Crippen LogP contribution >= 0.6 is 0 Å². The number of hydrogen-bond donors (Lipinski definition) is 0. The van der Waals surface area contributed by atoms with Gasteiger partial charge in [0.25, 0.3) is 5.91 Å². The van der Waals surface area contributed by atoms with Gasteiger partial charge in [-0.1, -0.05) is 19.9 Å². The summed E-state index contributed by atoms with van der Waals surface area (Å²) in [5, 5.41) is 0. The lowest BCUT2D eigenvalue weighted by atomic mass is 9.92. The number of carbonyl (C=O) groups is 2. The van der Waals surface area contributed by atoms with Crippen LogP contribution in [0.15, 0.2) is 18.2 Å². The molecule has 0 bridgehead atoms. The van der Waals surface area contributed by atoms with Crippen LogP contribution in [0.1, 0.15) is 41.8 Å². The first-order valence-electron chi connectivity index (χ1n) is 7.89. The molecule has 1 amide bonds. The summed E-state index contributed by atoms with van der Waals surface area (Å²) in [5.41, 5.74) is 2.67. The van der Waals surface area contributed by atoms with Gasteiger partial charge >= 0.3 is 5.97 Å². The highest BCUT2D eigenvalue weighted by atomic mass is 16.5. The van der Waals surface area contributed by atoms with Crippen LogP contribution in [0.3, 0.4) is 0 Å². The van der Waals surface area contributed by atoms with E-state index in [-0.39, 0.29) is 12.5 Å². The molecule has 1 fully saturated rings. The van der Waals surface area contributed by atoms with E-state index in [1.54, 1.807) is 12.1 Å². The summed E-state index contributed by atoms with van der Waals surface area (Å²) in [4.78, 5) is 26.0. The van der Waals surface area contributed by atoms with E-state index >= 15 is 0 Å². The van der Waals surface area contributed by atoms with Crippen molar-refractivity contribution in [2.45, 2.75) is 34.1 Å². The van der Waals surface area contributed by atoms with E-state index in [1.807, 2.05) is 24.8 Å². The minimum absolute atomic E-state index is 0.101. The van der Waals surface area contributed by atoms with Gasteiger partial charge in [-0.15, -0.1) is 0 Å². The molecule has 4 nitrogen and oxygen atoms in total. The topological polar surface area (TPSA) is 46.6 Å². The molecule has 0 saturated carbocycles. The van der Waals surface area contributed by atoms with Crippen molar-refractivity contribution < 1.29 is 14.3 Å². The van der Waals surface area contributed by atoms with E-state index in [2.05, 4.69) is 13.8 Å². The van der Waals surface area contributed by atoms with Gasteiger partial charge in [-0.05, 0) is 55.4 Å². The number of likely N-dealkylation sites (tertiary alicyclic amines) is 1. The number of amides is 1. The third kappa shape index (κ3) is 4.09. The van der Waals surface area contributed by atoms with Crippen molar-refractivity contribution >= 4 is 11.9 Å². The van der Waals surface area contributed by atoms with Crippen LogP contribution < -0.4 is 0 Å². The average molecular weight is 303 g/mol. The second kappa shape index (κ2) is 6.95. The molecule has 0 aromatic heterocycles. The van der Waals surface area contributed by atoms with Gasteiger partial charge in [-0.2, -0.15) is 0 Å². The molecule has 22 heavy (non-hydrogen) atoms. The number of ether oxygens (including phenoxy) is 1. The van der Waals surface area contributed by atoms with E-state index < -0.39 is 5.97 Å². The maximum Gasteiger partial charge on any atom is 0.338 e. The molecule has 2 atom stereocenters. The first kappa shape index (κ1) is 16.5. The Morgan fingerprint density at radius 3 is 2.36 bits per heavy atom. The fourth-order valence-corrected chi connectivity index (χ4v) is 3.04. The minimum Gasteiger partial charge on any atom is -0.452 e. The number of carbonyl (C=O) groups excluding carboxylic acids is 2. The summed E-state index contributed by atoms with van der Waals surface area (Å²) in [6, 6.07) is 5.43. The zero-order valence-electron chi connectivity index (χ0n) is 13.9. The Hall–Kier alpha value is -1.84. The Morgan fingerprint density at radius 2 is 1.77 bits per heavy atom. The van der Waals surface area contributed by atoms with Crippen molar-refractivity contribution in [2.24, 2.45) is 11.8 Å². The lowest BCUT2D eigenvalue weighted by molar-refractivity contribution is -0.137. The van der Waals surface area contributed by atoms with Gasteiger partial charge in [0.15, 0.2) is 6.61 Å². The average Bonchev–Trinajstić information content (AvgIpc) is 2.46. The van der Waals surface area contributed by atoms with Gasteiger partial charge in [0.05, 0.1) is 5.56 Å². The van der Waals surface area contributed by atoms with Gasteiger partial charge in [-0.3, -0.25) is 4.79 Å². The van der Waals surface area contributed by atoms with Gasteiger partial charge < -0.3 is 9.64 Å². The van der Waals surface area contributed by atoms with E-state index in [4.69, 9.17) is 4.74 Å². The van der Waals surface area contributed by atoms with Crippen LogP contribution in [0.25, 0.3) is 0 Å². The molecule has 2 unspecified atom stereocenters. The van der Waals surface area contributed by atoms with E-state index in [1.165, 1.54) is 0 Å². The molecular weight excluding hydrogens is 278 g/mol. The molecular formula is C18H25NO3. The monoisotopic (exact) mass is 303 g/mol. The zero-order valence-corrected chi connectivity index (χ0v) is 13.9. The first-order chi connectivity index (χ1) is 10.4. The predicted molar refractivity (Wildman–Crippen MR) is 85.7 cm³/mol. The van der Waals surface area contributed by atoms with E-state index in [0.717, 1.165) is 30.6 Å². The number of rotatable bonds is 3. The third-order valence-electron chi connectivity index (χ3n) is 4.29. The summed E-state index contributed by atoms with van der Waals surface area (Å²) >= 11 is 0. The molecule has 1 heterocycles. The molecule has 1 aliphatic heterocycles. The van der Waals surface area contributed by atoms with E-state index in [0.29, 0.717) is 17.4 Å². The van der Waals surface area contributed by atoms with Crippen LogP contribution in [-0.2, 0) is 9.53 Å². The van der Waals surface area contributed by atoms with Crippen molar-refractivity contribution in [2.75, 3.05) is 19.7 Å². The standard InChI is InChI=1S/C18H25NO3/c1-12-7-13(2)10-19(9-12)17(20)11-22-18(21)16-6-5-14(3)15(4)8-16/h5-6,8,12-13H,7,9-11H2,1-4H3. The second-order valence-electron chi connectivity index (χ2n) is 6.62. The molecule has 1 aromatic rings. The molecule has 1 saturated heterocycles. The molecule has 120 valence electrons. The first-order valence-corrected chi connectivity index (χ1v) is 7.89. The molecule has 0 aliphatic carbocycles. The molecule has 0 N–H and O–H groups in total. The quantitative estimate of drug-likeness (QED) is 0.807. The fraction of sp³-hybridized carbons (Fsp3) is 0.556. The van der Waals surface area contributed by atoms with Crippen molar-refractivity contribution in [3.63, 3.8) is 0 Å². The molecule has 0 radical (unpaired) electrons. The number of aryl methyl sites for hydroxylation is 2. The maximum atomic E-state index is 12.2. The lowest BCUT2D eigenvalue weighted by Crippen LogP contribution is -2.44. The fourth-order valence-electron chi connectivity index (χ4n) is 3.04. The van der Waals surface area contributed by atoms with Crippen molar-refractivity contribution in [1.29, 1.82) is 0 Å². The molecule has 1 aliphatic rings. The van der Waals surface area contributed by atoms with Crippen LogP contribution in [0.5, 0.6) is 0 Å². The van der Waals surface area contributed by atoms with Gasteiger partial charge in [-0.25, -0.2) is 4.79 Å². The molecule has 1 aromatic carbocycles. The maximum absolute atomic E-state index is 12.2. The zero-order chi connectivity index (χ0) is 16.3. The van der Waals surface area contributed by atoms with Gasteiger partial charge in [0, 0.05) is 13.1 Å². The summed E-state index contributed by atoms with van der Waals surface area (Å²) in [7, 11) is 0.